The van der Waals surface area contributed by atoms with E-state index in [0.717, 1.165) is 6.54 Å². The first-order valence-corrected chi connectivity index (χ1v) is 11.6. The van der Waals surface area contributed by atoms with Crippen molar-refractivity contribution in [2.45, 2.75) is 49.1 Å². The average molecular weight is 397 g/mol. The van der Waals surface area contributed by atoms with Gasteiger partial charge >= 0.3 is 0 Å². The minimum absolute atomic E-state index is 0.0305. The summed E-state index contributed by atoms with van der Waals surface area (Å²) in [7, 11) is -3.28. The highest BCUT2D eigenvalue weighted by molar-refractivity contribution is 7.99. The van der Waals surface area contributed by atoms with Crippen molar-refractivity contribution in [1.29, 1.82) is 0 Å². The van der Waals surface area contributed by atoms with Crippen LogP contribution in [0.25, 0.3) is 11.1 Å². The van der Waals surface area contributed by atoms with Crippen molar-refractivity contribution in [3.05, 3.63) is 18.2 Å². The highest BCUT2D eigenvalue weighted by Gasteiger charge is 2.17. The van der Waals surface area contributed by atoms with Gasteiger partial charge in [0.2, 0.25) is 5.91 Å². The first kappa shape index (κ1) is 19.2. The van der Waals surface area contributed by atoms with Gasteiger partial charge in [0.05, 0.1) is 16.4 Å². The van der Waals surface area contributed by atoms with Gasteiger partial charge in [-0.2, -0.15) is 0 Å². The van der Waals surface area contributed by atoms with Gasteiger partial charge in [-0.05, 0) is 37.0 Å². The molecule has 26 heavy (non-hydrogen) atoms. The van der Waals surface area contributed by atoms with Gasteiger partial charge in [0.15, 0.2) is 15.4 Å². The second kappa shape index (κ2) is 8.43. The van der Waals surface area contributed by atoms with Crippen LogP contribution < -0.4 is 5.32 Å². The lowest BCUT2D eigenvalue weighted by Crippen LogP contribution is -2.31. The summed E-state index contributed by atoms with van der Waals surface area (Å²) in [5.74, 6) is 0.844. The molecule has 6 nitrogen and oxygen atoms in total. The topological polar surface area (TPSA) is 89.3 Å². The number of aromatic nitrogens is 1. The SMILES string of the molecule is CCS(=O)(=O)c1ccc2oc(SCC(=O)NCC3CCCCC3)nc2c1. The molecule has 3 rings (SSSR count). The van der Waals surface area contributed by atoms with E-state index in [0.29, 0.717) is 22.2 Å². The molecule has 0 radical (unpaired) electrons. The number of thioether (sulfide) groups is 1. The first-order valence-electron chi connectivity index (χ1n) is 9.01. The molecule has 1 aliphatic rings. The van der Waals surface area contributed by atoms with Gasteiger partial charge < -0.3 is 9.73 Å². The third-order valence-electron chi connectivity index (χ3n) is 4.72. The van der Waals surface area contributed by atoms with Gasteiger partial charge in [-0.25, -0.2) is 13.4 Å². The first-order chi connectivity index (χ1) is 12.5. The van der Waals surface area contributed by atoms with Crippen LogP contribution in [-0.4, -0.2) is 37.4 Å². The zero-order valence-corrected chi connectivity index (χ0v) is 16.5. The number of benzene rings is 1. The summed E-state index contributed by atoms with van der Waals surface area (Å²) in [6, 6.07) is 4.65. The molecular weight excluding hydrogens is 372 g/mol. The van der Waals surface area contributed by atoms with Crippen LogP contribution >= 0.6 is 11.8 Å². The lowest BCUT2D eigenvalue weighted by molar-refractivity contribution is -0.118. The quantitative estimate of drug-likeness (QED) is 0.722. The van der Waals surface area contributed by atoms with E-state index >= 15 is 0 Å². The largest absolute Gasteiger partial charge is 0.431 e. The Labute approximate surface area is 158 Å². The van der Waals surface area contributed by atoms with Crippen LogP contribution in [0, 0.1) is 5.92 Å². The molecular formula is C18H24N2O4S2. The fourth-order valence-corrected chi connectivity index (χ4v) is 4.70. The minimum atomic E-state index is -3.28. The van der Waals surface area contributed by atoms with Crippen molar-refractivity contribution in [3.63, 3.8) is 0 Å². The van der Waals surface area contributed by atoms with Crippen molar-refractivity contribution in [2.75, 3.05) is 18.1 Å². The Morgan fingerprint density at radius 2 is 2.08 bits per heavy atom. The van der Waals surface area contributed by atoms with Gasteiger partial charge in [-0.1, -0.05) is 37.9 Å². The molecule has 0 unspecified atom stereocenters. The summed E-state index contributed by atoms with van der Waals surface area (Å²) in [5, 5.41) is 3.36. The number of fused-ring (bicyclic) bond motifs is 1. The second-order valence-corrected chi connectivity index (χ2v) is 9.81. The summed E-state index contributed by atoms with van der Waals surface area (Å²) in [5.41, 5.74) is 1.01. The lowest BCUT2D eigenvalue weighted by atomic mass is 9.89. The van der Waals surface area contributed by atoms with Crippen molar-refractivity contribution >= 4 is 38.6 Å². The highest BCUT2D eigenvalue weighted by Crippen LogP contribution is 2.26. The molecule has 0 spiro atoms. The summed E-state index contributed by atoms with van der Waals surface area (Å²) in [6.45, 7) is 2.35. The number of rotatable bonds is 7. The fraction of sp³-hybridized carbons (Fsp3) is 0.556. The molecule has 0 atom stereocenters. The van der Waals surface area contributed by atoms with Gasteiger partial charge in [0.25, 0.3) is 5.22 Å². The van der Waals surface area contributed by atoms with Gasteiger partial charge in [0, 0.05) is 6.54 Å². The molecule has 8 heteroatoms. The normalized spacial score (nSPS) is 16.0. The molecule has 1 heterocycles. The van der Waals surface area contributed by atoms with E-state index in [1.807, 2.05) is 0 Å². The zero-order chi connectivity index (χ0) is 18.6. The maximum absolute atomic E-state index is 12.0. The third-order valence-corrected chi connectivity index (χ3v) is 7.28. The minimum Gasteiger partial charge on any atom is -0.431 e. The molecule has 1 aliphatic carbocycles. The predicted molar refractivity (Wildman–Crippen MR) is 102 cm³/mol. The highest BCUT2D eigenvalue weighted by atomic mass is 32.2. The van der Waals surface area contributed by atoms with E-state index in [-0.39, 0.29) is 22.3 Å². The van der Waals surface area contributed by atoms with Gasteiger partial charge in [0.1, 0.15) is 5.52 Å². The Morgan fingerprint density at radius 3 is 2.81 bits per heavy atom. The molecule has 2 aromatic rings. The van der Waals surface area contributed by atoms with Crippen LogP contribution in [0.15, 0.2) is 32.7 Å². The van der Waals surface area contributed by atoms with Crippen LogP contribution in [0.3, 0.4) is 0 Å². The average Bonchev–Trinajstić information content (AvgIpc) is 3.07. The van der Waals surface area contributed by atoms with Gasteiger partial charge in [-0.3, -0.25) is 4.79 Å². The standard InChI is InChI=1S/C18H24N2O4S2/c1-2-26(22,23)14-8-9-16-15(10-14)20-18(24-16)25-12-17(21)19-11-13-6-4-3-5-7-13/h8-10,13H,2-7,11-12H2,1H3,(H,19,21). The van der Waals surface area contributed by atoms with E-state index in [1.54, 1.807) is 13.0 Å². The predicted octanol–water partition coefficient (Wildman–Crippen LogP) is 3.41. The number of sulfone groups is 1. The summed E-state index contributed by atoms with van der Waals surface area (Å²) in [6.07, 6.45) is 6.21. The van der Waals surface area contributed by atoms with Gasteiger partial charge in [-0.15, -0.1) is 0 Å². The Balaban J connectivity index is 1.56. The Morgan fingerprint density at radius 1 is 1.31 bits per heavy atom. The number of nitrogens with one attached hydrogen (secondary N) is 1. The number of hydrogen-bond acceptors (Lipinski definition) is 6. The van der Waals surface area contributed by atoms with E-state index in [1.165, 1.54) is 56.0 Å². The van der Waals surface area contributed by atoms with Crippen molar-refractivity contribution in [1.82, 2.24) is 10.3 Å². The zero-order valence-electron chi connectivity index (χ0n) is 14.9. The summed E-state index contributed by atoms with van der Waals surface area (Å²) >= 11 is 1.22. The van der Waals surface area contributed by atoms with Crippen LogP contribution in [0.2, 0.25) is 0 Å². The Bertz CT molecular complexity index is 870. The maximum atomic E-state index is 12.0. The fourth-order valence-electron chi connectivity index (χ4n) is 3.14. The Hall–Kier alpha value is -1.54. The number of oxazole rings is 1. The van der Waals surface area contributed by atoms with Crippen molar-refractivity contribution in [2.24, 2.45) is 5.92 Å². The summed E-state index contributed by atoms with van der Waals surface area (Å²) < 4.78 is 29.5. The molecule has 142 valence electrons. The third kappa shape index (κ3) is 4.79. The number of amides is 1. The molecule has 0 aliphatic heterocycles. The second-order valence-electron chi connectivity index (χ2n) is 6.61. The molecule has 0 bridgehead atoms. The molecule has 1 aromatic carbocycles. The molecule has 1 N–H and O–H groups in total. The van der Waals surface area contributed by atoms with E-state index in [4.69, 9.17) is 4.42 Å². The molecule has 1 saturated carbocycles. The lowest BCUT2D eigenvalue weighted by Gasteiger charge is -2.21. The van der Waals surface area contributed by atoms with Crippen molar-refractivity contribution in [3.8, 4) is 0 Å². The number of carbonyl (C=O) groups is 1. The molecule has 1 fully saturated rings. The smallest absolute Gasteiger partial charge is 0.257 e. The van der Waals surface area contributed by atoms with Crippen LogP contribution in [-0.2, 0) is 14.6 Å². The van der Waals surface area contributed by atoms with E-state index in [2.05, 4.69) is 10.3 Å². The number of hydrogen-bond donors (Lipinski definition) is 1. The van der Waals surface area contributed by atoms with Crippen LogP contribution in [0.1, 0.15) is 39.0 Å². The van der Waals surface area contributed by atoms with E-state index < -0.39 is 9.84 Å². The molecule has 0 saturated heterocycles. The maximum Gasteiger partial charge on any atom is 0.257 e. The van der Waals surface area contributed by atoms with E-state index in [9.17, 15) is 13.2 Å². The van der Waals surface area contributed by atoms with Crippen LogP contribution in [0.4, 0.5) is 0 Å². The van der Waals surface area contributed by atoms with Crippen molar-refractivity contribution < 1.29 is 17.6 Å². The monoisotopic (exact) mass is 396 g/mol. The molecule has 1 amide bonds. The Kier molecular flexibility index (Phi) is 6.24. The summed E-state index contributed by atoms with van der Waals surface area (Å²) in [4.78, 5) is 16.6. The number of nitrogens with zero attached hydrogens (tertiary/aromatic N) is 1. The number of carbonyl (C=O) groups excluding carboxylic acids is 1. The van der Waals surface area contributed by atoms with Crippen LogP contribution in [0.5, 0.6) is 0 Å². The molecule has 1 aromatic heterocycles.